The van der Waals surface area contributed by atoms with Crippen molar-refractivity contribution < 1.29 is 29.3 Å². The molecule has 1 aliphatic rings. The quantitative estimate of drug-likeness (QED) is 0.466. The second kappa shape index (κ2) is 4.59. The zero-order chi connectivity index (χ0) is 11.5. The Morgan fingerprint density at radius 3 is 2.47 bits per heavy atom. The average Bonchev–Trinajstić information content (AvgIpc) is 2.12. The van der Waals surface area contributed by atoms with Crippen LogP contribution in [0.15, 0.2) is 0 Å². The molecule has 6 nitrogen and oxygen atoms in total. The summed E-state index contributed by atoms with van der Waals surface area (Å²) in [6, 6.07) is 0. The molecule has 0 saturated carbocycles. The van der Waals surface area contributed by atoms with Crippen LogP contribution in [-0.2, 0) is 19.1 Å². The van der Waals surface area contributed by atoms with Crippen LogP contribution in [0.4, 0.5) is 0 Å². The second-order valence-corrected chi connectivity index (χ2v) is 3.98. The normalized spacial score (nSPS) is 20.1. The van der Waals surface area contributed by atoms with E-state index in [0.717, 1.165) is 0 Å². The number of carboxylic acids is 1. The van der Waals surface area contributed by atoms with Gasteiger partial charge in [0, 0.05) is 5.41 Å². The summed E-state index contributed by atoms with van der Waals surface area (Å²) in [7, 11) is 0. The summed E-state index contributed by atoms with van der Waals surface area (Å²) < 4.78 is 9.75. The van der Waals surface area contributed by atoms with E-state index in [0.29, 0.717) is 13.2 Å². The van der Waals surface area contributed by atoms with Crippen LogP contribution in [0.25, 0.3) is 0 Å². The molecule has 1 unspecified atom stereocenters. The Hall–Kier alpha value is -1.14. The highest BCUT2D eigenvalue weighted by molar-refractivity contribution is 5.94. The van der Waals surface area contributed by atoms with Crippen LogP contribution in [-0.4, -0.2) is 48.6 Å². The molecular weight excluding hydrogens is 204 g/mol. The van der Waals surface area contributed by atoms with Gasteiger partial charge in [0.15, 0.2) is 5.92 Å². The van der Waals surface area contributed by atoms with E-state index >= 15 is 0 Å². The molecule has 0 spiro atoms. The molecular formula is C9H14O6. The van der Waals surface area contributed by atoms with Gasteiger partial charge in [0.2, 0.25) is 0 Å². The number of rotatable bonds is 5. The number of hydrogen-bond donors (Lipinski definition) is 2. The molecule has 0 amide bonds. The van der Waals surface area contributed by atoms with Crippen molar-refractivity contribution in [3.63, 3.8) is 0 Å². The highest BCUT2D eigenvalue weighted by Gasteiger charge is 2.36. The number of aliphatic hydroxyl groups is 1. The number of aliphatic carboxylic acids is 1. The largest absolute Gasteiger partial charge is 0.481 e. The number of carbonyl (C=O) groups excluding carboxylic acids is 1. The minimum Gasteiger partial charge on any atom is -0.481 e. The molecule has 2 N–H and O–H groups in total. The van der Waals surface area contributed by atoms with Gasteiger partial charge in [-0.1, -0.05) is 6.92 Å². The molecule has 0 bridgehead atoms. The van der Waals surface area contributed by atoms with Crippen molar-refractivity contribution in [2.75, 3.05) is 26.4 Å². The van der Waals surface area contributed by atoms with Crippen LogP contribution < -0.4 is 0 Å². The monoisotopic (exact) mass is 218 g/mol. The number of hydrogen-bond acceptors (Lipinski definition) is 5. The van der Waals surface area contributed by atoms with Gasteiger partial charge in [0.1, 0.15) is 6.61 Å². The van der Waals surface area contributed by atoms with Gasteiger partial charge >= 0.3 is 11.9 Å². The molecule has 1 aliphatic heterocycles. The van der Waals surface area contributed by atoms with Gasteiger partial charge in [-0.05, 0) is 0 Å². The van der Waals surface area contributed by atoms with Gasteiger partial charge in [-0.25, -0.2) is 0 Å². The fraction of sp³-hybridized carbons (Fsp3) is 0.778. The zero-order valence-electron chi connectivity index (χ0n) is 8.43. The summed E-state index contributed by atoms with van der Waals surface area (Å²) in [5.41, 5.74) is -0.214. The Morgan fingerprint density at radius 1 is 1.53 bits per heavy atom. The second-order valence-electron chi connectivity index (χ2n) is 3.98. The Kier molecular flexibility index (Phi) is 3.65. The molecule has 0 radical (unpaired) electrons. The lowest BCUT2D eigenvalue weighted by Gasteiger charge is -2.37. The lowest BCUT2D eigenvalue weighted by atomic mass is 9.90. The summed E-state index contributed by atoms with van der Waals surface area (Å²) in [5.74, 6) is -3.77. The van der Waals surface area contributed by atoms with E-state index in [1.165, 1.54) is 0 Å². The minimum atomic E-state index is -1.49. The molecule has 1 heterocycles. The molecule has 1 saturated heterocycles. The summed E-state index contributed by atoms with van der Waals surface area (Å²) in [4.78, 5) is 21.7. The van der Waals surface area contributed by atoms with E-state index in [2.05, 4.69) is 0 Å². The van der Waals surface area contributed by atoms with Crippen molar-refractivity contribution in [2.45, 2.75) is 6.92 Å². The van der Waals surface area contributed by atoms with Crippen molar-refractivity contribution in [3.05, 3.63) is 0 Å². The Balaban J connectivity index is 2.37. The van der Waals surface area contributed by atoms with Gasteiger partial charge < -0.3 is 19.7 Å². The van der Waals surface area contributed by atoms with E-state index in [1.807, 2.05) is 6.92 Å². The first-order valence-corrected chi connectivity index (χ1v) is 4.56. The first kappa shape index (κ1) is 11.9. The maximum absolute atomic E-state index is 11.2. The lowest BCUT2D eigenvalue weighted by Crippen LogP contribution is -2.45. The fourth-order valence-electron chi connectivity index (χ4n) is 1.13. The highest BCUT2D eigenvalue weighted by atomic mass is 16.5. The Bertz CT molecular complexity index is 257. The van der Waals surface area contributed by atoms with Gasteiger partial charge in [0.05, 0.1) is 19.8 Å². The van der Waals surface area contributed by atoms with Crippen molar-refractivity contribution in [1.82, 2.24) is 0 Å². The fourth-order valence-corrected chi connectivity index (χ4v) is 1.13. The smallest absolute Gasteiger partial charge is 0.322 e. The molecule has 0 aromatic carbocycles. The van der Waals surface area contributed by atoms with Crippen LogP contribution in [0.3, 0.4) is 0 Å². The minimum absolute atomic E-state index is 0.121. The predicted molar refractivity (Wildman–Crippen MR) is 48.1 cm³/mol. The third-order valence-corrected chi connectivity index (χ3v) is 2.23. The third kappa shape index (κ3) is 2.90. The van der Waals surface area contributed by atoms with Gasteiger partial charge in [0.25, 0.3) is 0 Å². The SMILES string of the molecule is CC1(COC(=O)C(CO)C(=O)O)COC1. The van der Waals surface area contributed by atoms with Gasteiger partial charge in [-0.2, -0.15) is 0 Å². The van der Waals surface area contributed by atoms with Gasteiger partial charge in [-0.3, -0.25) is 9.59 Å². The number of aliphatic hydroxyl groups excluding tert-OH is 1. The van der Waals surface area contributed by atoms with Gasteiger partial charge in [-0.15, -0.1) is 0 Å². The zero-order valence-corrected chi connectivity index (χ0v) is 8.43. The molecule has 0 aromatic rings. The molecule has 1 rings (SSSR count). The van der Waals surface area contributed by atoms with E-state index in [9.17, 15) is 9.59 Å². The lowest BCUT2D eigenvalue weighted by molar-refractivity contribution is -0.174. The first-order chi connectivity index (χ1) is 6.98. The molecule has 86 valence electrons. The Labute approximate surface area is 86.8 Å². The van der Waals surface area contributed by atoms with E-state index in [-0.39, 0.29) is 12.0 Å². The van der Waals surface area contributed by atoms with Crippen molar-refractivity contribution >= 4 is 11.9 Å². The Morgan fingerprint density at radius 2 is 2.13 bits per heavy atom. The highest BCUT2D eigenvalue weighted by Crippen LogP contribution is 2.26. The number of carbonyl (C=O) groups is 2. The molecule has 6 heteroatoms. The van der Waals surface area contributed by atoms with Crippen molar-refractivity contribution in [3.8, 4) is 0 Å². The van der Waals surface area contributed by atoms with Crippen molar-refractivity contribution in [1.29, 1.82) is 0 Å². The summed E-state index contributed by atoms with van der Waals surface area (Å²) in [6.07, 6.45) is 0. The average molecular weight is 218 g/mol. The number of ether oxygens (including phenoxy) is 2. The third-order valence-electron chi connectivity index (χ3n) is 2.23. The first-order valence-electron chi connectivity index (χ1n) is 4.56. The van der Waals surface area contributed by atoms with Crippen molar-refractivity contribution in [2.24, 2.45) is 11.3 Å². The summed E-state index contributed by atoms with van der Waals surface area (Å²) in [6.45, 7) is 2.24. The van der Waals surface area contributed by atoms with Crippen LogP contribution in [0.1, 0.15) is 6.92 Å². The maximum Gasteiger partial charge on any atom is 0.322 e. The number of esters is 1. The van der Waals surface area contributed by atoms with Crippen LogP contribution in [0, 0.1) is 11.3 Å². The van der Waals surface area contributed by atoms with Crippen LogP contribution in [0.2, 0.25) is 0 Å². The summed E-state index contributed by atoms with van der Waals surface area (Å²) in [5, 5.41) is 17.2. The number of carboxylic acid groups (broad SMARTS) is 1. The molecule has 15 heavy (non-hydrogen) atoms. The molecule has 1 atom stereocenters. The predicted octanol–water partition coefficient (Wildman–Crippen LogP) is -0.741. The summed E-state index contributed by atoms with van der Waals surface area (Å²) >= 11 is 0. The topological polar surface area (TPSA) is 93.1 Å². The van der Waals surface area contributed by atoms with Crippen LogP contribution >= 0.6 is 0 Å². The maximum atomic E-state index is 11.2. The molecule has 1 fully saturated rings. The molecule has 0 aromatic heterocycles. The standard InChI is InChI=1S/C9H14O6/c1-9(3-14-4-9)5-15-8(13)6(2-10)7(11)12/h6,10H,2-5H2,1H3,(H,11,12). The van der Waals surface area contributed by atoms with E-state index in [4.69, 9.17) is 19.7 Å². The van der Waals surface area contributed by atoms with E-state index < -0.39 is 24.5 Å². The van der Waals surface area contributed by atoms with E-state index in [1.54, 1.807) is 0 Å². The molecule has 0 aliphatic carbocycles. The van der Waals surface area contributed by atoms with Crippen LogP contribution in [0.5, 0.6) is 0 Å².